The highest BCUT2D eigenvalue weighted by molar-refractivity contribution is 9.10. The number of aromatic nitrogens is 4. The molecule has 0 radical (unpaired) electrons. The highest BCUT2D eigenvalue weighted by Crippen LogP contribution is 2.33. The molecule has 4 aromatic rings. The van der Waals surface area contributed by atoms with Gasteiger partial charge in [-0.05, 0) is 40.2 Å². The monoisotopic (exact) mass is 487 g/mol. The Morgan fingerprint density at radius 1 is 1.27 bits per heavy atom. The van der Waals surface area contributed by atoms with Crippen LogP contribution >= 0.6 is 27.5 Å². The van der Waals surface area contributed by atoms with Crippen molar-refractivity contribution in [2.24, 2.45) is 0 Å². The van der Waals surface area contributed by atoms with Crippen LogP contribution < -0.4 is 4.90 Å². The van der Waals surface area contributed by atoms with E-state index in [4.69, 9.17) is 16.3 Å². The molecule has 0 aliphatic carbocycles. The van der Waals surface area contributed by atoms with Gasteiger partial charge in [-0.2, -0.15) is 0 Å². The topological polar surface area (TPSA) is 76.3 Å². The smallest absolute Gasteiger partial charge is 0.146 e. The highest BCUT2D eigenvalue weighted by Gasteiger charge is 2.36. The Hall–Kier alpha value is -2.26. The van der Waals surface area contributed by atoms with Gasteiger partial charge >= 0.3 is 0 Å². The van der Waals surface area contributed by atoms with Gasteiger partial charge in [0.1, 0.15) is 29.5 Å². The maximum Gasteiger partial charge on any atom is 0.146 e. The molecular weight excluding hydrogens is 470 g/mol. The number of pyridine rings is 1. The molecule has 7 nitrogen and oxygen atoms in total. The third-order valence-corrected chi connectivity index (χ3v) is 6.24. The van der Waals surface area contributed by atoms with E-state index in [-0.39, 0.29) is 12.3 Å². The van der Waals surface area contributed by atoms with Crippen molar-refractivity contribution in [1.29, 1.82) is 0 Å². The summed E-state index contributed by atoms with van der Waals surface area (Å²) < 4.78 is 9.07. The van der Waals surface area contributed by atoms with Crippen molar-refractivity contribution in [3.63, 3.8) is 0 Å². The van der Waals surface area contributed by atoms with Crippen LogP contribution in [0.25, 0.3) is 21.9 Å². The van der Waals surface area contributed by atoms with E-state index in [9.17, 15) is 5.11 Å². The van der Waals surface area contributed by atoms with Gasteiger partial charge in [0, 0.05) is 48.0 Å². The third kappa shape index (κ3) is 3.54. The summed E-state index contributed by atoms with van der Waals surface area (Å²) in [7, 11) is 1.99. The van der Waals surface area contributed by atoms with Gasteiger partial charge in [-0.15, -0.1) is 0 Å². The number of hydrogen-bond donors (Lipinski definition) is 1. The Morgan fingerprint density at radius 2 is 2.13 bits per heavy atom. The van der Waals surface area contributed by atoms with Crippen LogP contribution in [0.5, 0.6) is 0 Å². The van der Waals surface area contributed by atoms with Crippen molar-refractivity contribution in [2.75, 3.05) is 18.5 Å². The fourth-order valence-electron chi connectivity index (χ4n) is 3.92. The summed E-state index contributed by atoms with van der Waals surface area (Å²) >= 11 is 9.60. The first-order valence-corrected chi connectivity index (χ1v) is 10.7. The summed E-state index contributed by atoms with van der Waals surface area (Å²) in [6.07, 6.45) is 4.36. The number of hydrogen-bond acceptors (Lipinski definition) is 6. The fourth-order valence-corrected chi connectivity index (χ4v) is 4.46. The maximum absolute atomic E-state index is 10.6. The lowest BCUT2D eigenvalue weighted by Gasteiger charge is -2.25. The van der Waals surface area contributed by atoms with Gasteiger partial charge in [0.25, 0.3) is 0 Å². The lowest BCUT2D eigenvalue weighted by molar-refractivity contribution is -0.0117. The average Bonchev–Trinajstić information content (AvgIpc) is 3.32. The molecule has 1 aliphatic heterocycles. The summed E-state index contributed by atoms with van der Waals surface area (Å²) in [4.78, 5) is 14.9. The molecule has 1 N–H and O–H groups in total. The van der Waals surface area contributed by atoms with E-state index in [1.807, 2.05) is 48.1 Å². The fraction of sp³-hybridized carbons (Fsp3) is 0.286. The summed E-state index contributed by atoms with van der Waals surface area (Å²) in [5.74, 6) is 0. The standard InChI is InChI=1S/C21H19BrClN5O2/c1-27(14-3-2-12-6-13(22)9-24-16(12)7-14)10-18-17(29)8-19(30-18)28-5-4-15-20(23)25-11-26-21(15)28/h2-7,9,11,17-19,29H,8,10H2,1H3. The number of aliphatic hydroxyl groups excluding tert-OH is 1. The number of ether oxygens (including phenoxy) is 1. The van der Waals surface area contributed by atoms with Gasteiger partial charge < -0.3 is 19.3 Å². The van der Waals surface area contributed by atoms with Crippen LogP contribution in [0.1, 0.15) is 12.6 Å². The van der Waals surface area contributed by atoms with Gasteiger partial charge in [0.15, 0.2) is 0 Å². The second-order valence-corrected chi connectivity index (χ2v) is 8.74. The van der Waals surface area contributed by atoms with E-state index >= 15 is 0 Å². The number of likely N-dealkylation sites (N-methyl/N-ethyl adjacent to an activating group) is 1. The quantitative estimate of drug-likeness (QED) is 0.434. The molecule has 0 bridgehead atoms. The lowest BCUT2D eigenvalue weighted by Crippen LogP contribution is -2.35. The molecule has 1 saturated heterocycles. The molecule has 1 fully saturated rings. The van der Waals surface area contributed by atoms with Crippen LogP contribution in [0.2, 0.25) is 5.15 Å². The molecule has 30 heavy (non-hydrogen) atoms. The van der Waals surface area contributed by atoms with E-state index in [2.05, 4.69) is 35.8 Å². The van der Waals surface area contributed by atoms with Gasteiger partial charge in [-0.25, -0.2) is 9.97 Å². The molecule has 0 spiro atoms. The predicted molar refractivity (Wildman–Crippen MR) is 120 cm³/mol. The molecule has 3 atom stereocenters. The number of fused-ring (bicyclic) bond motifs is 2. The Morgan fingerprint density at radius 3 is 3.00 bits per heavy atom. The molecule has 0 amide bonds. The summed E-state index contributed by atoms with van der Waals surface area (Å²) in [6, 6.07) is 10.0. The van der Waals surface area contributed by atoms with Crippen LogP contribution in [-0.2, 0) is 4.74 Å². The molecular formula is C21H19BrClN5O2. The molecule has 1 aliphatic rings. The predicted octanol–water partition coefficient (Wildman–Crippen LogP) is 4.18. The van der Waals surface area contributed by atoms with Crippen LogP contribution in [-0.4, -0.2) is 50.4 Å². The zero-order valence-electron chi connectivity index (χ0n) is 16.1. The van der Waals surface area contributed by atoms with Gasteiger partial charge in [0.2, 0.25) is 0 Å². The van der Waals surface area contributed by atoms with Crippen molar-refractivity contribution in [3.05, 3.63) is 58.7 Å². The van der Waals surface area contributed by atoms with Gasteiger partial charge in [-0.3, -0.25) is 4.98 Å². The van der Waals surface area contributed by atoms with Crippen molar-refractivity contribution in [2.45, 2.75) is 24.9 Å². The van der Waals surface area contributed by atoms with Crippen LogP contribution in [0.15, 0.2) is 53.5 Å². The molecule has 0 saturated carbocycles. The Bertz CT molecular complexity index is 1230. The van der Waals surface area contributed by atoms with Gasteiger partial charge in [-0.1, -0.05) is 17.7 Å². The zero-order chi connectivity index (χ0) is 20.8. The Kier molecular flexibility index (Phi) is 5.10. The summed E-state index contributed by atoms with van der Waals surface area (Å²) in [5, 5.41) is 12.9. The highest BCUT2D eigenvalue weighted by atomic mass is 79.9. The normalized spacial score (nSPS) is 21.5. The third-order valence-electron chi connectivity index (χ3n) is 5.50. The van der Waals surface area contributed by atoms with E-state index in [1.54, 1.807) is 6.20 Å². The minimum Gasteiger partial charge on any atom is -0.390 e. The number of rotatable bonds is 4. The first-order valence-electron chi connectivity index (χ1n) is 9.56. The van der Waals surface area contributed by atoms with Crippen molar-refractivity contribution in [1.82, 2.24) is 19.5 Å². The van der Waals surface area contributed by atoms with E-state index in [0.29, 0.717) is 23.8 Å². The molecule has 3 aromatic heterocycles. The second kappa shape index (κ2) is 7.77. The van der Waals surface area contributed by atoms with E-state index in [0.717, 1.165) is 26.4 Å². The number of nitrogens with zero attached hydrogens (tertiary/aromatic N) is 5. The number of halogens is 2. The summed E-state index contributed by atoms with van der Waals surface area (Å²) in [6.45, 7) is 0.550. The molecule has 154 valence electrons. The molecule has 1 aromatic carbocycles. The van der Waals surface area contributed by atoms with Crippen molar-refractivity contribution >= 4 is 55.2 Å². The van der Waals surface area contributed by atoms with Crippen LogP contribution in [0, 0.1) is 0 Å². The molecule has 4 heterocycles. The van der Waals surface area contributed by atoms with Crippen molar-refractivity contribution in [3.8, 4) is 0 Å². The lowest BCUT2D eigenvalue weighted by atomic mass is 10.1. The first kappa shape index (κ1) is 19.7. The minimum atomic E-state index is -0.582. The average molecular weight is 489 g/mol. The second-order valence-electron chi connectivity index (χ2n) is 7.47. The van der Waals surface area contributed by atoms with Crippen LogP contribution in [0.3, 0.4) is 0 Å². The first-order chi connectivity index (χ1) is 14.5. The van der Waals surface area contributed by atoms with Gasteiger partial charge in [0.05, 0.1) is 17.0 Å². The largest absolute Gasteiger partial charge is 0.390 e. The number of aliphatic hydroxyl groups is 1. The molecule has 5 rings (SSSR count). The minimum absolute atomic E-state index is 0.308. The maximum atomic E-state index is 10.6. The van der Waals surface area contributed by atoms with E-state index < -0.39 is 6.10 Å². The Labute approximate surface area is 186 Å². The number of benzene rings is 1. The zero-order valence-corrected chi connectivity index (χ0v) is 18.5. The summed E-state index contributed by atoms with van der Waals surface area (Å²) in [5.41, 5.74) is 2.64. The SMILES string of the molecule is CN(CC1OC(n2ccc3c(Cl)ncnc32)CC1O)c1ccc2cc(Br)cnc2c1. The Balaban J connectivity index is 1.34. The molecule has 3 unspecified atom stereocenters. The number of anilines is 1. The van der Waals surface area contributed by atoms with E-state index in [1.165, 1.54) is 6.33 Å². The molecule has 9 heteroatoms. The van der Waals surface area contributed by atoms with Crippen LogP contribution in [0.4, 0.5) is 5.69 Å². The van der Waals surface area contributed by atoms with Crippen molar-refractivity contribution < 1.29 is 9.84 Å².